The van der Waals surface area contributed by atoms with Gasteiger partial charge in [0.2, 0.25) is 0 Å². The number of rotatable bonds is 4. The van der Waals surface area contributed by atoms with Crippen LogP contribution < -0.4 is 5.32 Å². The topological polar surface area (TPSA) is 37.8 Å². The standard InChI is InChI=1S/C12H14BrN3S/c1-8(2)14-7-11-12(15-16-17-11)9-4-3-5-10(13)6-9/h3-6,8,14H,7H2,1-2H3. The fraction of sp³-hybridized carbons (Fsp3) is 0.333. The summed E-state index contributed by atoms with van der Waals surface area (Å²) in [6.07, 6.45) is 0. The average Bonchev–Trinajstić information content (AvgIpc) is 2.74. The van der Waals surface area contributed by atoms with E-state index in [1.165, 1.54) is 16.4 Å². The Hall–Kier alpha value is -0.780. The highest BCUT2D eigenvalue weighted by Crippen LogP contribution is 2.26. The Kier molecular flexibility index (Phi) is 4.25. The molecular weight excluding hydrogens is 298 g/mol. The molecule has 0 aliphatic rings. The maximum atomic E-state index is 4.21. The van der Waals surface area contributed by atoms with Gasteiger partial charge in [-0.15, -0.1) is 5.10 Å². The van der Waals surface area contributed by atoms with Gasteiger partial charge in [0.15, 0.2) is 0 Å². The van der Waals surface area contributed by atoms with Gasteiger partial charge >= 0.3 is 0 Å². The van der Waals surface area contributed by atoms with Crippen molar-refractivity contribution in [2.45, 2.75) is 26.4 Å². The van der Waals surface area contributed by atoms with Crippen LogP contribution in [0.2, 0.25) is 0 Å². The lowest BCUT2D eigenvalue weighted by Crippen LogP contribution is -2.21. The molecule has 1 N–H and O–H groups in total. The molecule has 1 aromatic heterocycles. The van der Waals surface area contributed by atoms with E-state index in [9.17, 15) is 0 Å². The fourth-order valence-corrected chi connectivity index (χ4v) is 2.49. The Morgan fingerprint density at radius 2 is 2.24 bits per heavy atom. The third-order valence-electron chi connectivity index (χ3n) is 2.32. The van der Waals surface area contributed by atoms with Gasteiger partial charge in [0.1, 0.15) is 5.69 Å². The van der Waals surface area contributed by atoms with E-state index in [1.807, 2.05) is 12.1 Å². The lowest BCUT2D eigenvalue weighted by atomic mass is 10.1. The molecule has 1 aromatic carbocycles. The van der Waals surface area contributed by atoms with Gasteiger partial charge < -0.3 is 5.32 Å². The second kappa shape index (κ2) is 5.71. The minimum Gasteiger partial charge on any atom is -0.310 e. The first-order valence-electron chi connectivity index (χ1n) is 5.47. The zero-order valence-electron chi connectivity index (χ0n) is 9.77. The molecular formula is C12H14BrN3S. The number of aromatic nitrogens is 2. The maximum absolute atomic E-state index is 4.21. The van der Waals surface area contributed by atoms with E-state index in [0.717, 1.165) is 22.3 Å². The number of halogens is 1. The second-order valence-corrected chi connectivity index (χ2v) is 5.85. The number of hydrogen-bond donors (Lipinski definition) is 1. The van der Waals surface area contributed by atoms with Gasteiger partial charge in [-0.1, -0.05) is 46.4 Å². The molecule has 5 heteroatoms. The lowest BCUT2D eigenvalue weighted by molar-refractivity contribution is 0.593. The van der Waals surface area contributed by atoms with Crippen LogP contribution in [-0.4, -0.2) is 15.6 Å². The molecule has 0 fully saturated rings. The highest BCUT2D eigenvalue weighted by Gasteiger charge is 2.10. The van der Waals surface area contributed by atoms with Crippen molar-refractivity contribution in [1.29, 1.82) is 0 Å². The molecule has 0 aliphatic carbocycles. The van der Waals surface area contributed by atoms with Crippen molar-refractivity contribution in [3.63, 3.8) is 0 Å². The van der Waals surface area contributed by atoms with E-state index in [4.69, 9.17) is 0 Å². The molecule has 0 unspecified atom stereocenters. The summed E-state index contributed by atoms with van der Waals surface area (Å²) in [4.78, 5) is 1.18. The molecule has 2 rings (SSSR count). The SMILES string of the molecule is CC(C)NCc1snnc1-c1cccc(Br)c1. The van der Waals surface area contributed by atoms with Crippen molar-refractivity contribution < 1.29 is 0 Å². The predicted molar refractivity (Wildman–Crippen MR) is 75.0 cm³/mol. The summed E-state index contributed by atoms with van der Waals surface area (Å²) in [5, 5.41) is 7.60. The normalized spacial score (nSPS) is 11.1. The Morgan fingerprint density at radius 1 is 1.41 bits per heavy atom. The van der Waals surface area contributed by atoms with Crippen LogP contribution >= 0.6 is 27.5 Å². The van der Waals surface area contributed by atoms with Crippen LogP contribution in [0.15, 0.2) is 28.7 Å². The summed E-state index contributed by atoms with van der Waals surface area (Å²) in [5.74, 6) is 0. The van der Waals surface area contributed by atoms with Crippen LogP contribution in [0, 0.1) is 0 Å². The molecule has 0 amide bonds. The molecule has 0 saturated carbocycles. The minimum absolute atomic E-state index is 0.465. The van der Waals surface area contributed by atoms with Crippen LogP contribution in [0.25, 0.3) is 11.3 Å². The van der Waals surface area contributed by atoms with Crippen molar-refractivity contribution >= 4 is 27.5 Å². The maximum Gasteiger partial charge on any atom is 0.110 e. The highest BCUT2D eigenvalue weighted by atomic mass is 79.9. The summed E-state index contributed by atoms with van der Waals surface area (Å²) < 4.78 is 5.10. The smallest absolute Gasteiger partial charge is 0.110 e. The van der Waals surface area contributed by atoms with Gasteiger partial charge in [0.05, 0.1) is 4.88 Å². The summed E-state index contributed by atoms with van der Waals surface area (Å²) in [6, 6.07) is 8.61. The summed E-state index contributed by atoms with van der Waals surface area (Å²) in [6.45, 7) is 5.08. The molecule has 3 nitrogen and oxygen atoms in total. The highest BCUT2D eigenvalue weighted by molar-refractivity contribution is 9.10. The molecule has 0 aliphatic heterocycles. The summed E-state index contributed by atoms with van der Waals surface area (Å²) in [5.41, 5.74) is 2.08. The van der Waals surface area contributed by atoms with Gasteiger partial charge in [-0.25, -0.2) is 0 Å². The average molecular weight is 312 g/mol. The number of hydrogen-bond acceptors (Lipinski definition) is 4. The second-order valence-electron chi connectivity index (χ2n) is 4.09. The largest absolute Gasteiger partial charge is 0.310 e. The third-order valence-corrected chi connectivity index (χ3v) is 3.54. The molecule has 0 bridgehead atoms. The first-order chi connectivity index (χ1) is 8.16. The molecule has 2 aromatic rings. The summed E-state index contributed by atoms with van der Waals surface area (Å²) in [7, 11) is 0. The van der Waals surface area contributed by atoms with Gasteiger partial charge in [-0.3, -0.25) is 0 Å². The van der Waals surface area contributed by atoms with Crippen molar-refractivity contribution in [2.24, 2.45) is 0 Å². The Morgan fingerprint density at radius 3 is 2.94 bits per heavy atom. The lowest BCUT2D eigenvalue weighted by Gasteiger charge is -2.07. The molecule has 0 spiro atoms. The van der Waals surface area contributed by atoms with E-state index in [0.29, 0.717) is 6.04 Å². The van der Waals surface area contributed by atoms with E-state index in [-0.39, 0.29) is 0 Å². The Balaban J connectivity index is 2.24. The van der Waals surface area contributed by atoms with Crippen molar-refractivity contribution in [1.82, 2.24) is 14.9 Å². The monoisotopic (exact) mass is 311 g/mol. The first-order valence-corrected chi connectivity index (χ1v) is 7.04. The van der Waals surface area contributed by atoms with Crippen LogP contribution in [0.4, 0.5) is 0 Å². The van der Waals surface area contributed by atoms with Crippen molar-refractivity contribution in [3.05, 3.63) is 33.6 Å². The third kappa shape index (κ3) is 3.34. The molecule has 1 heterocycles. The van der Waals surface area contributed by atoms with Crippen LogP contribution in [0.5, 0.6) is 0 Å². The van der Waals surface area contributed by atoms with Crippen LogP contribution in [0.1, 0.15) is 18.7 Å². The van der Waals surface area contributed by atoms with E-state index >= 15 is 0 Å². The molecule has 0 radical (unpaired) electrons. The number of benzene rings is 1. The minimum atomic E-state index is 0.465. The van der Waals surface area contributed by atoms with Crippen LogP contribution in [-0.2, 0) is 6.54 Å². The predicted octanol–water partition coefficient (Wildman–Crippen LogP) is 3.47. The van der Waals surface area contributed by atoms with Crippen molar-refractivity contribution in [2.75, 3.05) is 0 Å². The molecule has 90 valence electrons. The molecule has 0 atom stereocenters. The first kappa shape index (κ1) is 12.7. The zero-order chi connectivity index (χ0) is 12.3. The number of nitrogens with one attached hydrogen (secondary N) is 1. The quantitative estimate of drug-likeness (QED) is 0.939. The Bertz CT molecular complexity index is 496. The van der Waals surface area contributed by atoms with Gasteiger partial charge in [-0.2, -0.15) is 0 Å². The van der Waals surface area contributed by atoms with Gasteiger partial charge in [0, 0.05) is 22.6 Å². The zero-order valence-corrected chi connectivity index (χ0v) is 12.2. The van der Waals surface area contributed by atoms with Crippen LogP contribution in [0.3, 0.4) is 0 Å². The van der Waals surface area contributed by atoms with Crippen molar-refractivity contribution in [3.8, 4) is 11.3 Å². The fourth-order valence-electron chi connectivity index (χ4n) is 1.48. The summed E-state index contributed by atoms with van der Waals surface area (Å²) >= 11 is 4.93. The number of nitrogens with zero attached hydrogens (tertiary/aromatic N) is 2. The van der Waals surface area contributed by atoms with E-state index in [1.54, 1.807) is 0 Å². The molecule has 17 heavy (non-hydrogen) atoms. The van der Waals surface area contributed by atoms with E-state index < -0.39 is 0 Å². The Labute approximate surface area is 114 Å². The van der Waals surface area contributed by atoms with Gasteiger partial charge in [-0.05, 0) is 23.7 Å². The van der Waals surface area contributed by atoms with E-state index in [2.05, 4.69) is 56.8 Å². The van der Waals surface area contributed by atoms with Gasteiger partial charge in [0.25, 0.3) is 0 Å². The molecule has 0 saturated heterocycles.